The highest BCUT2D eigenvalue weighted by Gasteiger charge is 2.73. The second-order valence-corrected chi connectivity index (χ2v) is 7.94. The second kappa shape index (κ2) is 6.64. The summed E-state index contributed by atoms with van der Waals surface area (Å²) in [6.07, 6.45) is -3.39. The molecule has 11 heteroatoms. The lowest BCUT2D eigenvalue weighted by molar-refractivity contribution is -0.141. The minimum Gasteiger partial charge on any atom is -0.349 e. The zero-order valence-electron chi connectivity index (χ0n) is 15.9. The van der Waals surface area contributed by atoms with Crippen molar-refractivity contribution in [1.29, 1.82) is 0 Å². The van der Waals surface area contributed by atoms with Gasteiger partial charge in [0.05, 0.1) is 17.1 Å². The summed E-state index contributed by atoms with van der Waals surface area (Å²) in [5.74, 6) is -3.87. The van der Waals surface area contributed by atoms with Crippen LogP contribution in [0.3, 0.4) is 0 Å². The number of aromatic nitrogens is 2. The Kier molecular flexibility index (Phi) is 4.55. The van der Waals surface area contributed by atoms with Crippen LogP contribution in [0.5, 0.6) is 0 Å². The van der Waals surface area contributed by atoms with E-state index in [0.29, 0.717) is 0 Å². The molecule has 4 rings (SSSR count). The van der Waals surface area contributed by atoms with E-state index in [0.717, 1.165) is 12.3 Å². The minimum absolute atomic E-state index is 0.0241. The molecule has 0 aromatic carbocycles. The van der Waals surface area contributed by atoms with Gasteiger partial charge in [0.1, 0.15) is 17.4 Å². The highest BCUT2D eigenvalue weighted by atomic mass is 19.4. The monoisotopic (exact) mass is 430 g/mol. The lowest BCUT2D eigenvalue weighted by Gasteiger charge is -2.23. The van der Waals surface area contributed by atoms with Gasteiger partial charge in [-0.3, -0.25) is 9.59 Å². The van der Waals surface area contributed by atoms with Crippen molar-refractivity contribution in [3.05, 3.63) is 29.7 Å². The minimum atomic E-state index is -4.61. The predicted molar refractivity (Wildman–Crippen MR) is 95.8 cm³/mol. The summed E-state index contributed by atoms with van der Waals surface area (Å²) in [6.45, 7) is 1.84. The van der Waals surface area contributed by atoms with E-state index in [1.165, 1.54) is 11.0 Å². The number of amides is 2. The average Bonchev–Trinajstić information content (AvgIpc) is 3.04. The molecule has 2 amide bonds. The fourth-order valence-electron chi connectivity index (χ4n) is 3.99. The standard InChI is InChI=1S/C19H19F5N4O2/c1-2-11(16(30)28-4-3-17(9-28)8-18(17,20)21)27-15(29)12-5-10-6-14(19(22,23)24)25-7-13(10)26-12/h5-7,11,26H,2-4,8-9H2,1H3,(H,27,29)/t11-,17?/m1/s1. The van der Waals surface area contributed by atoms with Crippen LogP contribution in [-0.2, 0) is 11.0 Å². The fraction of sp³-hybridized carbons (Fsp3) is 0.526. The van der Waals surface area contributed by atoms with Crippen molar-refractivity contribution >= 4 is 22.7 Å². The molecule has 3 heterocycles. The van der Waals surface area contributed by atoms with Crippen LogP contribution in [0.1, 0.15) is 42.4 Å². The third-order valence-electron chi connectivity index (χ3n) is 5.93. The van der Waals surface area contributed by atoms with E-state index in [2.05, 4.69) is 15.3 Å². The van der Waals surface area contributed by atoms with Crippen molar-refractivity contribution in [2.24, 2.45) is 5.41 Å². The lowest BCUT2D eigenvalue weighted by Crippen LogP contribution is -2.47. The molecule has 2 aromatic heterocycles. The summed E-state index contributed by atoms with van der Waals surface area (Å²) in [5.41, 5.74) is -2.00. The number of hydrogen-bond donors (Lipinski definition) is 2. The van der Waals surface area contributed by atoms with Crippen molar-refractivity contribution in [3.63, 3.8) is 0 Å². The Bertz CT molecular complexity index is 1020. The summed E-state index contributed by atoms with van der Waals surface area (Å²) >= 11 is 0. The smallest absolute Gasteiger partial charge is 0.349 e. The van der Waals surface area contributed by atoms with Crippen molar-refractivity contribution in [2.75, 3.05) is 13.1 Å². The van der Waals surface area contributed by atoms with Gasteiger partial charge in [0, 0.05) is 24.9 Å². The summed E-state index contributed by atoms with van der Waals surface area (Å²) < 4.78 is 65.5. The first-order chi connectivity index (χ1) is 14.0. The zero-order valence-corrected chi connectivity index (χ0v) is 15.9. The van der Waals surface area contributed by atoms with Crippen molar-refractivity contribution in [1.82, 2.24) is 20.2 Å². The second-order valence-electron chi connectivity index (χ2n) is 7.94. The Morgan fingerprint density at radius 3 is 2.60 bits per heavy atom. The summed E-state index contributed by atoms with van der Waals surface area (Å²) in [6, 6.07) is 1.15. The predicted octanol–water partition coefficient (Wildman–Crippen LogP) is 3.35. The van der Waals surface area contributed by atoms with E-state index in [9.17, 15) is 31.5 Å². The van der Waals surface area contributed by atoms with E-state index in [-0.39, 0.29) is 48.9 Å². The topological polar surface area (TPSA) is 78.1 Å². The first-order valence-corrected chi connectivity index (χ1v) is 9.49. The summed E-state index contributed by atoms with van der Waals surface area (Å²) in [7, 11) is 0. The zero-order chi connectivity index (χ0) is 21.9. The molecule has 1 saturated carbocycles. The molecule has 2 aliphatic rings. The molecule has 2 aromatic rings. The highest BCUT2D eigenvalue weighted by molar-refractivity contribution is 6.00. The van der Waals surface area contributed by atoms with Gasteiger partial charge in [-0.1, -0.05) is 6.92 Å². The molecule has 1 saturated heterocycles. The molecule has 2 fully saturated rings. The number of likely N-dealkylation sites (tertiary alicyclic amines) is 1. The number of aromatic amines is 1. The van der Waals surface area contributed by atoms with E-state index < -0.39 is 41.1 Å². The normalized spacial score (nSPS) is 23.7. The van der Waals surface area contributed by atoms with Crippen LogP contribution in [0, 0.1) is 5.41 Å². The molecule has 0 bridgehead atoms. The summed E-state index contributed by atoms with van der Waals surface area (Å²) in [5, 5.41) is 2.69. The van der Waals surface area contributed by atoms with Crippen molar-refractivity contribution < 1.29 is 31.5 Å². The molecular weight excluding hydrogens is 411 g/mol. The number of alkyl halides is 5. The SMILES string of the molecule is CC[C@@H](NC(=O)c1cc2cc(C(F)(F)F)ncc2[nH]1)C(=O)N1CCC2(C1)CC2(F)F. The van der Waals surface area contributed by atoms with E-state index in [4.69, 9.17) is 0 Å². The van der Waals surface area contributed by atoms with Crippen LogP contribution in [0.25, 0.3) is 10.9 Å². The van der Waals surface area contributed by atoms with Crippen molar-refractivity contribution in [3.8, 4) is 0 Å². The van der Waals surface area contributed by atoms with Gasteiger partial charge in [0.25, 0.3) is 11.8 Å². The Morgan fingerprint density at radius 1 is 1.33 bits per heavy atom. The number of pyridine rings is 1. The number of nitrogens with zero attached hydrogens (tertiary/aromatic N) is 2. The van der Waals surface area contributed by atoms with Crippen LogP contribution in [0.2, 0.25) is 0 Å². The van der Waals surface area contributed by atoms with Crippen LogP contribution < -0.4 is 5.32 Å². The number of halogens is 5. The maximum Gasteiger partial charge on any atom is 0.433 e. The molecule has 1 aliphatic carbocycles. The molecule has 1 unspecified atom stereocenters. The van der Waals surface area contributed by atoms with E-state index >= 15 is 0 Å². The molecule has 162 valence electrons. The molecule has 1 spiro atoms. The molecule has 1 aliphatic heterocycles. The highest BCUT2D eigenvalue weighted by Crippen LogP contribution is 2.65. The van der Waals surface area contributed by atoms with Crippen LogP contribution in [0.15, 0.2) is 18.3 Å². The third-order valence-corrected chi connectivity index (χ3v) is 5.93. The molecular formula is C19H19F5N4O2. The molecule has 0 radical (unpaired) electrons. The maximum atomic E-state index is 13.6. The Hall–Kier alpha value is -2.72. The van der Waals surface area contributed by atoms with Gasteiger partial charge in [-0.15, -0.1) is 0 Å². The number of rotatable bonds is 4. The largest absolute Gasteiger partial charge is 0.433 e. The van der Waals surface area contributed by atoms with Gasteiger partial charge >= 0.3 is 6.18 Å². The van der Waals surface area contributed by atoms with Crippen molar-refractivity contribution in [2.45, 2.75) is 44.3 Å². The number of carbonyl (C=O) groups excluding carboxylic acids is 2. The van der Waals surface area contributed by atoms with Crippen LogP contribution >= 0.6 is 0 Å². The number of fused-ring (bicyclic) bond motifs is 1. The number of hydrogen-bond acceptors (Lipinski definition) is 3. The maximum absolute atomic E-state index is 13.6. The summed E-state index contributed by atoms with van der Waals surface area (Å²) in [4.78, 5) is 32.6. The number of nitrogens with one attached hydrogen (secondary N) is 2. The molecule has 2 atom stereocenters. The van der Waals surface area contributed by atoms with Gasteiger partial charge in [0.2, 0.25) is 5.91 Å². The van der Waals surface area contributed by atoms with E-state index in [1.807, 2.05) is 0 Å². The van der Waals surface area contributed by atoms with Gasteiger partial charge < -0.3 is 15.2 Å². The van der Waals surface area contributed by atoms with Gasteiger partial charge in [-0.25, -0.2) is 13.8 Å². The average molecular weight is 430 g/mol. The molecule has 2 N–H and O–H groups in total. The van der Waals surface area contributed by atoms with Gasteiger partial charge in [-0.05, 0) is 25.0 Å². The lowest BCUT2D eigenvalue weighted by atomic mass is 10.1. The first-order valence-electron chi connectivity index (χ1n) is 9.49. The van der Waals surface area contributed by atoms with Gasteiger partial charge in [0.15, 0.2) is 0 Å². The van der Waals surface area contributed by atoms with E-state index in [1.54, 1.807) is 6.92 Å². The van der Waals surface area contributed by atoms with Gasteiger partial charge in [-0.2, -0.15) is 13.2 Å². The Balaban J connectivity index is 1.46. The molecule has 6 nitrogen and oxygen atoms in total. The number of carbonyl (C=O) groups is 2. The Morgan fingerprint density at radius 2 is 2.03 bits per heavy atom. The van der Waals surface area contributed by atoms with Crippen LogP contribution in [-0.4, -0.2) is 51.7 Å². The first kappa shape index (κ1) is 20.5. The third kappa shape index (κ3) is 3.39. The number of H-pyrrole nitrogens is 1. The van der Waals surface area contributed by atoms with Crippen LogP contribution in [0.4, 0.5) is 22.0 Å². The fourth-order valence-corrected chi connectivity index (χ4v) is 3.99. The molecule has 30 heavy (non-hydrogen) atoms. The quantitative estimate of drug-likeness (QED) is 0.731. The Labute approximate surface area is 167 Å².